The number of nitrogens with one attached hydrogen (secondary N) is 1. The van der Waals surface area contributed by atoms with Gasteiger partial charge in [0.05, 0.1) is 7.11 Å². The second kappa shape index (κ2) is 3.09. The van der Waals surface area contributed by atoms with Crippen molar-refractivity contribution < 1.29 is 4.74 Å². The van der Waals surface area contributed by atoms with Crippen LogP contribution in [0.15, 0.2) is 10.9 Å². The molecule has 1 rings (SSSR count). The maximum Gasteiger partial charge on any atom is 0.268 e. The summed E-state index contributed by atoms with van der Waals surface area (Å²) in [5.74, 6) is 0.372. The van der Waals surface area contributed by atoms with Crippen molar-refractivity contribution in [2.75, 3.05) is 7.11 Å². The van der Waals surface area contributed by atoms with Crippen LogP contribution in [0, 0.1) is 18.3 Å². The Morgan fingerprint density at radius 3 is 2.75 bits per heavy atom. The minimum atomic E-state index is -0.408. The second-order valence-corrected chi connectivity index (χ2v) is 2.34. The molecule has 0 spiro atoms. The topological polar surface area (TPSA) is 65.9 Å². The molecule has 1 aromatic heterocycles. The third-order valence-corrected chi connectivity index (χ3v) is 1.54. The lowest BCUT2D eigenvalue weighted by atomic mass is 10.2. The molecule has 0 aliphatic carbocycles. The van der Waals surface area contributed by atoms with E-state index in [9.17, 15) is 4.79 Å². The first kappa shape index (κ1) is 8.34. The lowest BCUT2D eigenvalue weighted by Gasteiger charge is -2.00. The number of nitrogens with zero attached hydrogens (tertiary/aromatic N) is 1. The molecule has 0 bridgehead atoms. The summed E-state index contributed by atoms with van der Waals surface area (Å²) in [4.78, 5) is 13.5. The van der Waals surface area contributed by atoms with E-state index in [4.69, 9.17) is 10.00 Å². The quantitative estimate of drug-likeness (QED) is 0.659. The summed E-state index contributed by atoms with van der Waals surface area (Å²) in [7, 11) is 1.46. The molecule has 0 unspecified atom stereocenters. The molecule has 0 aromatic carbocycles. The van der Waals surface area contributed by atoms with Gasteiger partial charge in [0.15, 0.2) is 5.88 Å². The van der Waals surface area contributed by atoms with Gasteiger partial charge in [-0.1, -0.05) is 0 Å². The Morgan fingerprint density at radius 1 is 1.67 bits per heavy atom. The van der Waals surface area contributed by atoms with Gasteiger partial charge in [0.2, 0.25) is 0 Å². The fraction of sp³-hybridized carbons (Fsp3) is 0.250. The van der Waals surface area contributed by atoms with E-state index in [0.29, 0.717) is 11.4 Å². The number of nitriles is 1. The normalized spacial score (nSPS) is 9.08. The number of methoxy groups -OCH3 is 1. The highest BCUT2D eigenvalue weighted by molar-refractivity contribution is 5.36. The summed E-state index contributed by atoms with van der Waals surface area (Å²) in [5.41, 5.74) is 0.350. The summed E-state index contributed by atoms with van der Waals surface area (Å²) < 4.78 is 4.81. The van der Waals surface area contributed by atoms with E-state index in [-0.39, 0.29) is 5.56 Å². The van der Waals surface area contributed by atoms with Crippen molar-refractivity contribution in [2.24, 2.45) is 0 Å². The highest BCUT2D eigenvalue weighted by atomic mass is 16.5. The van der Waals surface area contributed by atoms with E-state index in [0.717, 1.165) is 0 Å². The van der Waals surface area contributed by atoms with Crippen LogP contribution >= 0.6 is 0 Å². The van der Waals surface area contributed by atoms with Crippen LogP contribution in [0.4, 0.5) is 0 Å². The molecule has 0 atom stereocenters. The third kappa shape index (κ3) is 1.30. The smallest absolute Gasteiger partial charge is 0.268 e. The summed E-state index contributed by atoms with van der Waals surface area (Å²) in [5, 5.41) is 8.55. The van der Waals surface area contributed by atoms with Crippen LogP contribution in [-0.4, -0.2) is 12.1 Å². The van der Waals surface area contributed by atoms with Crippen LogP contribution in [0.25, 0.3) is 0 Å². The van der Waals surface area contributed by atoms with Crippen LogP contribution in [0.5, 0.6) is 5.88 Å². The van der Waals surface area contributed by atoms with Gasteiger partial charge in [0.25, 0.3) is 5.56 Å². The van der Waals surface area contributed by atoms with Crippen molar-refractivity contribution in [2.45, 2.75) is 6.92 Å². The zero-order valence-corrected chi connectivity index (χ0v) is 6.84. The van der Waals surface area contributed by atoms with Gasteiger partial charge >= 0.3 is 0 Å². The van der Waals surface area contributed by atoms with Crippen LogP contribution in [0.1, 0.15) is 11.1 Å². The fourth-order valence-electron chi connectivity index (χ4n) is 0.907. The van der Waals surface area contributed by atoms with Crippen molar-refractivity contribution in [3.63, 3.8) is 0 Å². The number of aromatic nitrogens is 1. The van der Waals surface area contributed by atoms with Crippen molar-refractivity contribution in [3.8, 4) is 11.9 Å². The van der Waals surface area contributed by atoms with Crippen LogP contribution < -0.4 is 10.3 Å². The number of hydrogen-bond acceptors (Lipinski definition) is 3. The van der Waals surface area contributed by atoms with Gasteiger partial charge in [-0.15, -0.1) is 0 Å². The van der Waals surface area contributed by atoms with E-state index >= 15 is 0 Å². The highest BCUT2D eigenvalue weighted by Crippen LogP contribution is 2.07. The van der Waals surface area contributed by atoms with E-state index in [1.165, 1.54) is 7.11 Å². The van der Waals surface area contributed by atoms with E-state index in [2.05, 4.69) is 4.98 Å². The molecule has 4 heteroatoms. The summed E-state index contributed by atoms with van der Waals surface area (Å²) >= 11 is 0. The zero-order chi connectivity index (χ0) is 9.14. The summed E-state index contributed by atoms with van der Waals surface area (Å²) in [6.45, 7) is 1.69. The SMILES string of the molecule is COc1cc(C)c(C#N)c(=O)[nH]1. The van der Waals surface area contributed by atoms with Crippen molar-refractivity contribution >= 4 is 0 Å². The summed E-state index contributed by atoms with van der Waals surface area (Å²) in [6.07, 6.45) is 0. The Morgan fingerprint density at radius 2 is 2.33 bits per heavy atom. The van der Waals surface area contributed by atoms with Crippen LogP contribution in [-0.2, 0) is 0 Å². The molecular weight excluding hydrogens is 156 g/mol. The van der Waals surface area contributed by atoms with Crippen LogP contribution in [0.2, 0.25) is 0 Å². The predicted octanol–water partition coefficient (Wildman–Crippen LogP) is 0.564. The molecular formula is C8H8N2O2. The molecule has 0 amide bonds. The lowest BCUT2D eigenvalue weighted by molar-refractivity contribution is 0.396. The molecule has 0 fully saturated rings. The van der Waals surface area contributed by atoms with Gasteiger partial charge in [-0.05, 0) is 12.5 Å². The first-order valence-electron chi connectivity index (χ1n) is 3.37. The molecule has 1 aromatic rings. The van der Waals surface area contributed by atoms with Gasteiger partial charge in [-0.25, -0.2) is 0 Å². The zero-order valence-electron chi connectivity index (χ0n) is 6.84. The minimum Gasteiger partial charge on any atom is -0.482 e. The number of aryl methyl sites for hydroxylation is 1. The Balaban J connectivity index is 3.41. The average Bonchev–Trinajstić information content (AvgIpc) is 2.03. The Bertz CT molecular complexity index is 387. The molecule has 0 aliphatic rings. The number of hydrogen-bond donors (Lipinski definition) is 1. The highest BCUT2D eigenvalue weighted by Gasteiger charge is 2.04. The monoisotopic (exact) mass is 164 g/mol. The molecule has 4 nitrogen and oxygen atoms in total. The molecule has 62 valence electrons. The van der Waals surface area contributed by atoms with Crippen molar-refractivity contribution in [3.05, 3.63) is 27.5 Å². The van der Waals surface area contributed by atoms with Gasteiger partial charge < -0.3 is 4.74 Å². The standard InChI is InChI=1S/C8H8N2O2/c1-5-3-7(12-2)10-8(11)6(5)4-9/h3H,1-2H3,(H,10,11). The van der Waals surface area contributed by atoms with Gasteiger partial charge in [-0.3, -0.25) is 9.78 Å². The third-order valence-electron chi connectivity index (χ3n) is 1.54. The van der Waals surface area contributed by atoms with Gasteiger partial charge in [0, 0.05) is 6.07 Å². The molecule has 0 aliphatic heterocycles. The number of H-pyrrole nitrogens is 1. The van der Waals surface area contributed by atoms with Gasteiger partial charge in [-0.2, -0.15) is 5.26 Å². The van der Waals surface area contributed by atoms with E-state index in [1.807, 2.05) is 6.07 Å². The molecule has 0 radical (unpaired) electrons. The first-order valence-corrected chi connectivity index (χ1v) is 3.37. The summed E-state index contributed by atoms with van der Waals surface area (Å²) in [6, 6.07) is 3.43. The molecule has 0 saturated heterocycles. The fourth-order valence-corrected chi connectivity index (χ4v) is 0.907. The number of rotatable bonds is 1. The Hall–Kier alpha value is -1.76. The minimum absolute atomic E-state index is 0.135. The predicted molar refractivity (Wildman–Crippen MR) is 43.1 cm³/mol. The number of pyridine rings is 1. The largest absolute Gasteiger partial charge is 0.482 e. The molecule has 1 heterocycles. The first-order chi connectivity index (χ1) is 5.69. The van der Waals surface area contributed by atoms with Gasteiger partial charge in [0.1, 0.15) is 11.6 Å². The molecule has 12 heavy (non-hydrogen) atoms. The Kier molecular flexibility index (Phi) is 2.15. The van der Waals surface area contributed by atoms with Crippen LogP contribution in [0.3, 0.4) is 0 Å². The van der Waals surface area contributed by atoms with E-state index < -0.39 is 5.56 Å². The van der Waals surface area contributed by atoms with E-state index in [1.54, 1.807) is 13.0 Å². The average molecular weight is 164 g/mol. The van der Waals surface area contributed by atoms with Crippen molar-refractivity contribution in [1.29, 1.82) is 5.26 Å². The number of aromatic amines is 1. The maximum absolute atomic E-state index is 11.1. The number of ether oxygens (including phenoxy) is 1. The lowest BCUT2D eigenvalue weighted by Crippen LogP contribution is -2.12. The molecule has 1 N–H and O–H groups in total. The van der Waals surface area contributed by atoms with Crippen molar-refractivity contribution in [1.82, 2.24) is 4.98 Å². The second-order valence-electron chi connectivity index (χ2n) is 2.34. The molecule has 0 saturated carbocycles. The Labute approximate surface area is 69.4 Å². The maximum atomic E-state index is 11.1.